The molecule has 2 aliphatic rings. The summed E-state index contributed by atoms with van der Waals surface area (Å²) in [4.78, 5) is 17.2. The van der Waals surface area contributed by atoms with Gasteiger partial charge >= 0.3 is 0 Å². The quantitative estimate of drug-likeness (QED) is 0.832. The van der Waals surface area contributed by atoms with Gasteiger partial charge in [0.15, 0.2) is 5.17 Å². The zero-order valence-electron chi connectivity index (χ0n) is 14.5. The summed E-state index contributed by atoms with van der Waals surface area (Å²) < 4.78 is 20.2. The first-order chi connectivity index (χ1) is 13.1. The van der Waals surface area contributed by atoms with Gasteiger partial charge in [-0.3, -0.25) is 4.79 Å². The fourth-order valence-corrected chi connectivity index (χ4v) is 4.82. The number of halogens is 1. The number of amides is 1. The Morgan fingerprint density at radius 1 is 1.22 bits per heavy atom. The SMILES string of the molecule is O=C(NC1=N[C@@]2(c3ccccc3F)COC[C@H](O)[C@H]2CS1)c1ccccc1. The number of aliphatic imine (C=N–C) groups is 1. The average molecular weight is 386 g/mol. The monoisotopic (exact) mass is 386 g/mol. The molecule has 0 spiro atoms. The van der Waals surface area contributed by atoms with Crippen molar-refractivity contribution in [2.45, 2.75) is 11.6 Å². The Morgan fingerprint density at radius 2 is 1.96 bits per heavy atom. The number of thioether (sulfide) groups is 1. The molecule has 0 aliphatic carbocycles. The molecule has 0 saturated carbocycles. The Labute approximate surface area is 160 Å². The molecule has 2 aromatic carbocycles. The molecule has 1 fully saturated rings. The van der Waals surface area contributed by atoms with Gasteiger partial charge in [0.25, 0.3) is 5.91 Å². The number of hydrogen-bond acceptors (Lipinski definition) is 5. The summed E-state index contributed by atoms with van der Waals surface area (Å²) in [6.45, 7) is 0.351. The van der Waals surface area contributed by atoms with Crippen LogP contribution in [0.25, 0.3) is 0 Å². The first kappa shape index (κ1) is 18.2. The molecule has 2 aromatic rings. The van der Waals surface area contributed by atoms with Crippen LogP contribution in [0.2, 0.25) is 0 Å². The molecular formula is C20H19FN2O3S. The van der Waals surface area contributed by atoms with Crippen LogP contribution in [0.3, 0.4) is 0 Å². The second kappa shape index (κ2) is 7.42. The molecule has 3 atom stereocenters. The molecule has 4 rings (SSSR count). The maximum atomic E-state index is 14.6. The highest BCUT2D eigenvalue weighted by Crippen LogP contribution is 2.45. The number of ether oxygens (including phenoxy) is 1. The van der Waals surface area contributed by atoms with E-state index in [1.54, 1.807) is 42.5 Å². The van der Waals surface area contributed by atoms with Crippen LogP contribution >= 0.6 is 11.8 Å². The van der Waals surface area contributed by atoms with Crippen molar-refractivity contribution in [1.29, 1.82) is 0 Å². The van der Waals surface area contributed by atoms with Crippen LogP contribution in [0, 0.1) is 11.7 Å². The third-order valence-corrected chi connectivity index (χ3v) is 5.98. The molecule has 0 bridgehead atoms. The van der Waals surface area contributed by atoms with E-state index in [0.29, 0.717) is 22.0 Å². The number of nitrogens with zero attached hydrogens (tertiary/aromatic N) is 1. The van der Waals surface area contributed by atoms with E-state index in [9.17, 15) is 14.3 Å². The fraction of sp³-hybridized carbons (Fsp3) is 0.300. The van der Waals surface area contributed by atoms with E-state index in [1.165, 1.54) is 17.8 Å². The van der Waals surface area contributed by atoms with E-state index in [1.807, 2.05) is 6.07 Å². The zero-order chi connectivity index (χ0) is 18.9. The number of aliphatic hydroxyl groups excluding tert-OH is 1. The van der Waals surface area contributed by atoms with Gasteiger partial charge in [-0.05, 0) is 18.2 Å². The molecule has 27 heavy (non-hydrogen) atoms. The Kier molecular flexibility index (Phi) is 4.99. The Morgan fingerprint density at radius 3 is 2.74 bits per heavy atom. The number of benzene rings is 2. The van der Waals surface area contributed by atoms with Gasteiger partial charge in [0, 0.05) is 22.8 Å². The van der Waals surface area contributed by atoms with Crippen LogP contribution in [0.1, 0.15) is 15.9 Å². The molecule has 2 N–H and O–H groups in total. The summed E-state index contributed by atoms with van der Waals surface area (Å²) >= 11 is 1.35. The molecule has 0 radical (unpaired) electrons. The van der Waals surface area contributed by atoms with Crippen LogP contribution in [0.5, 0.6) is 0 Å². The number of carbonyl (C=O) groups excluding carboxylic acids is 1. The van der Waals surface area contributed by atoms with Crippen molar-refractivity contribution >= 4 is 22.8 Å². The first-order valence-corrected chi connectivity index (χ1v) is 9.68. The molecule has 1 saturated heterocycles. The maximum absolute atomic E-state index is 14.6. The van der Waals surface area contributed by atoms with E-state index in [-0.39, 0.29) is 25.0 Å². The third kappa shape index (κ3) is 3.38. The van der Waals surface area contributed by atoms with Gasteiger partial charge in [0.05, 0.1) is 19.3 Å². The standard InChI is InChI=1S/C20H19FN2O3S/c21-16-9-5-4-8-14(16)20-12-26-10-17(24)15(20)11-27-19(23-20)22-18(25)13-6-2-1-3-7-13/h1-9,15,17,24H,10-12H2,(H,22,23,25)/t15-,17+,20-/m1/s1. The lowest BCUT2D eigenvalue weighted by Gasteiger charge is -2.46. The van der Waals surface area contributed by atoms with Gasteiger partial charge in [0.1, 0.15) is 11.4 Å². The lowest BCUT2D eigenvalue weighted by molar-refractivity contribution is -0.0859. The molecule has 2 heterocycles. The highest BCUT2D eigenvalue weighted by atomic mass is 32.2. The largest absolute Gasteiger partial charge is 0.390 e. The number of nitrogens with one attached hydrogen (secondary N) is 1. The Balaban J connectivity index is 1.71. The predicted molar refractivity (Wildman–Crippen MR) is 102 cm³/mol. The van der Waals surface area contributed by atoms with Crippen molar-refractivity contribution in [1.82, 2.24) is 5.32 Å². The number of fused-ring (bicyclic) bond motifs is 1. The van der Waals surface area contributed by atoms with E-state index in [4.69, 9.17) is 9.73 Å². The van der Waals surface area contributed by atoms with Gasteiger partial charge in [-0.2, -0.15) is 0 Å². The number of amidine groups is 1. The van der Waals surface area contributed by atoms with Crippen molar-refractivity contribution in [2.75, 3.05) is 19.0 Å². The minimum absolute atomic E-state index is 0.154. The molecule has 1 amide bonds. The van der Waals surface area contributed by atoms with Gasteiger partial charge in [-0.15, -0.1) is 0 Å². The van der Waals surface area contributed by atoms with Crippen LogP contribution in [0.4, 0.5) is 4.39 Å². The summed E-state index contributed by atoms with van der Waals surface area (Å²) in [5, 5.41) is 13.7. The second-order valence-corrected chi connectivity index (χ2v) is 7.65. The summed E-state index contributed by atoms with van der Waals surface area (Å²) in [6, 6.07) is 15.2. The highest BCUT2D eigenvalue weighted by molar-refractivity contribution is 8.13. The number of carbonyl (C=O) groups is 1. The zero-order valence-corrected chi connectivity index (χ0v) is 15.3. The molecule has 7 heteroatoms. The second-order valence-electron chi connectivity index (χ2n) is 6.64. The van der Waals surface area contributed by atoms with Crippen molar-refractivity contribution in [3.8, 4) is 0 Å². The molecule has 0 aromatic heterocycles. The normalized spacial score (nSPS) is 27.4. The van der Waals surface area contributed by atoms with Crippen LogP contribution in [-0.2, 0) is 10.3 Å². The lowest BCUT2D eigenvalue weighted by atomic mass is 9.75. The average Bonchev–Trinajstić information content (AvgIpc) is 2.69. The predicted octanol–water partition coefficient (Wildman–Crippen LogP) is 2.56. The van der Waals surface area contributed by atoms with Gasteiger partial charge in [-0.25, -0.2) is 9.38 Å². The van der Waals surface area contributed by atoms with E-state index in [0.717, 1.165) is 0 Å². The summed E-state index contributed by atoms with van der Waals surface area (Å²) in [7, 11) is 0. The highest BCUT2D eigenvalue weighted by Gasteiger charge is 2.51. The van der Waals surface area contributed by atoms with Crippen LogP contribution in [0.15, 0.2) is 59.6 Å². The van der Waals surface area contributed by atoms with Crippen molar-refractivity contribution < 1.29 is 19.0 Å². The number of aliphatic hydroxyl groups is 1. The summed E-state index contributed by atoms with van der Waals surface area (Å²) in [5.41, 5.74) is -0.170. The molecule has 2 aliphatic heterocycles. The molecule has 0 unspecified atom stereocenters. The maximum Gasteiger partial charge on any atom is 0.257 e. The lowest BCUT2D eigenvalue weighted by Crippen LogP contribution is -2.55. The van der Waals surface area contributed by atoms with Gasteiger partial charge < -0.3 is 15.2 Å². The molecular weight excluding hydrogens is 367 g/mol. The Hall–Kier alpha value is -2.22. The van der Waals surface area contributed by atoms with Gasteiger partial charge in [0.2, 0.25) is 0 Å². The minimum atomic E-state index is -1.06. The van der Waals surface area contributed by atoms with Crippen LogP contribution in [-0.4, -0.2) is 41.3 Å². The molecule has 140 valence electrons. The van der Waals surface area contributed by atoms with Crippen molar-refractivity contribution in [2.24, 2.45) is 10.9 Å². The topological polar surface area (TPSA) is 70.9 Å². The van der Waals surface area contributed by atoms with Gasteiger partial charge in [-0.1, -0.05) is 48.2 Å². The van der Waals surface area contributed by atoms with Crippen LogP contribution < -0.4 is 5.32 Å². The van der Waals surface area contributed by atoms with E-state index < -0.39 is 17.5 Å². The van der Waals surface area contributed by atoms with E-state index >= 15 is 0 Å². The van der Waals surface area contributed by atoms with Crippen molar-refractivity contribution in [3.05, 3.63) is 71.5 Å². The smallest absolute Gasteiger partial charge is 0.257 e. The van der Waals surface area contributed by atoms with Crippen molar-refractivity contribution in [3.63, 3.8) is 0 Å². The molecule has 5 nitrogen and oxygen atoms in total. The fourth-order valence-electron chi connectivity index (χ4n) is 3.60. The third-order valence-electron chi connectivity index (χ3n) is 4.99. The number of rotatable bonds is 2. The number of hydrogen-bond donors (Lipinski definition) is 2. The summed E-state index contributed by atoms with van der Waals surface area (Å²) in [5.74, 6) is -0.469. The first-order valence-electron chi connectivity index (χ1n) is 8.70. The summed E-state index contributed by atoms with van der Waals surface area (Å²) in [6.07, 6.45) is -0.749. The minimum Gasteiger partial charge on any atom is -0.390 e. The van der Waals surface area contributed by atoms with E-state index in [2.05, 4.69) is 5.32 Å². The Bertz CT molecular complexity index is 877.